The molecule has 0 aliphatic carbocycles. The fourth-order valence-corrected chi connectivity index (χ4v) is 8.34. The first-order chi connectivity index (χ1) is 22.3. The number of halogens is 1. The lowest BCUT2D eigenvalue weighted by Crippen LogP contribution is -2.60. The van der Waals surface area contributed by atoms with Crippen molar-refractivity contribution in [3.63, 3.8) is 0 Å². The van der Waals surface area contributed by atoms with Gasteiger partial charge in [-0.15, -0.1) is 13.2 Å². The third kappa shape index (κ3) is 7.52. The van der Waals surface area contributed by atoms with Gasteiger partial charge in [0.05, 0.1) is 24.0 Å². The highest BCUT2D eigenvalue weighted by molar-refractivity contribution is 9.09. The van der Waals surface area contributed by atoms with E-state index in [0.29, 0.717) is 44.2 Å². The van der Waals surface area contributed by atoms with Crippen LogP contribution in [0.1, 0.15) is 77.9 Å². The van der Waals surface area contributed by atoms with E-state index < -0.39 is 53.2 Å². The maximum atomic E-state index is 14.6. The molecule has 1 aromatic carbocycles. The smallest absolute Gasteiger partial charge is 0.313 e. The van der Waals surface area contributed by atoms with Gasteiger partial charge in [-0.1, -0.05) is 58.4 Å². The van der Waals surface area contributed by atoms with Crippen molar-refractivity contribution in [3.05, 3.63) is 61.2 Å². The minimum absolute atomic E-state index is 0.0414. The van der Waals surface area contributed by atoms with Crippen molar-refractivity contribution in [2.45, 2.75) is 106 Å². The second-order valence-corrected chi connectivity index (χ2v) is 15.0. The standard InChI is InChI=1S/C36H50BrN3O7/c1-7-9-18-26(42)38-23(3)29(24-16-12-10-13-17-24)46-34(45)27-28-32(43)39(20-14-11-15-21-41)31(36(28)22-25(37)30(27)47-36)33(44)40(19-8-2)35(4,5)6/h7-8,10,12-13,16-17,23,25,27-31,41H,1-2,9,11,14-15,18-22H2,3-6H3,(H,38,42)/t23-,25?,27+,28-,29-,30+,31+,36-/m1/s1. The number of aliphatic hydroxyl groups excluding tert-OH is 1. The van der Waals surface area contributed by atoms with E-state index in [1.807, 2.05) is 51.1 Å². The van der Waals surface area contributed by atoms with Crippen LogP contribution in [0.4, 0.5) is 0 Å². The first-order valence-electron chi connectivity index (χ1n) is 16.6. The number of likely N-dealkylation sites (tertiary alicyclic amines) is 1. The first kappa shape index (κ1) is 36.8. The molecule has 3 amide bonds. The molecule has 1 unspecified atom stereocenters. The van der Waals surface area contributed by atoms with Crippen LogP contribution >= 0.6 is 15.9 Å². The van der Waals surface area contributed by atoms with Crippen molar-refractivity contribution in [1.82, 2.24) is 15.1 Å². The summed E-state index contributed by atoms with van der Waals surface area (Å²) in [5, 5.41) is 12.3. The van der Waals surface area contributed by atoms with E-state index in [9.17, 15) is 24.3 Å². The van der Waals surface area contributed by atoms with Crippen molar-refractivity contribution in [2.75, 3.05) is 19.7 Å². The molecule has 0 saturated carbocycles. The summed E-state index contributed by atoms with van der Waals surface area (Å²) in [7, 11) is 0. The number of nitrogens with one attached hydrogen (secondary N) is 1. The molecular weight excluding hydrogens is 666 g/mol. The Morgan fingerprint density at radius 1 is 1.19 bits per heavy atom. The van der Waals surface area contributed by atoms with Gasteiger partial charge in [0, 0.05) is 36.5 Å². The van der Waals surface area contributed by atoms with Gasteiger partial charge in [0.2, 0.25) is 17.7 Å². The zero-order chi connectivity index (χ0) is 34.5. The summed E-state index contributed by atoms with van der Waals surface area (Å²) in [5.41, 5.74) is -1.10. The van der Waals surface area contributed by atoms with Gasteiger partial charge in [-0.3, -0.25) is 19.2 Å². The Morgan fingerprint density at radius 3 is 2.51 bits per heavy atom. The highest BCUT2D eigenvalue weighted by Crippen LogP contribution is 2.60. The summed E-state index contributed by atoms with van der Waals surface area (Å²) < 4.78 is 12.9. The largest absolute Gasteiger partial charge is 0.455 e. The van der Waals surface area contributed by atoms with Gasteiger partial charge < -0.3 is 29.7 Å². The molecule has 3 aliphatic rings. The van der Waals surface area contributed by atoms with Crippen molar-refractivity contribution >= 4 is 39.6 Å². The van der Waals surface area contributed by atoms with Crippen LogP contribution in [-0.2, 0) is 28.7 Å². The molecule has 0 radical (unpaired) electrons. The van der Waals surface area contributed by atoms with Crippen molar-refractivity contribution in [1.29, 1.82) is 0 Å². The number of allylic oxidation sites excluding steroid dienone is 1. The summed E-state index contributed by atoms with van der Waals surface area (Å²) >= 11 is 3.73. The Morgan fingerprint density at radius 2 is 1.89 bits per heavy atom. The van der Waals surface area contributed by atoms with Crippen LogP contribution in [0.3, 0.4) is 0 Å². The monoisotopic (exact) mass is 715 g/mol. The summed E-state index contributed by atoms with van der Waals surface area (Å²) in [6, 6.07) is 7.69. The fraction of sp³-hybridized carbons (Fsp3) is 0.611. The Kier molecular flexibility index (Phi) is 12.1. The molecule has 3 saturated heterocycles. The first-order valence-corrected chi connectivity index (χ1v) is 17.5. The zero-order valence-corrected chi connectivity index (χ0v) is 29.6. The van der Waals surface area contributed by atoms with E-state index in [2.05, 4.69) is 34.4 Å². The Bertz CT molecular complexity index is 1320. The van der Waals surface area contributed by atoms with Gasteiger partial charge in [-0.2, -0.15) is 0 Å². The van der Waals surface area contributed by atoms with Crippen LogP contribution in [0.5, 0.6) is 0 Å². The SMILES string of the molecule is C=CCCC(=O)N[C@H](C)[C@@H](OC(=O)[C@@H]1[C@H]2O[C@@]3(CC2Br)[C@H](C(=O)N(CC=C)C(C)(C)C)N(CCCCCO)C(=O)[C@@H]13)c1ccccc1. The number of unbranched alkanes of at least 4 members (excludes halogenated alkanes) is 2. The number of rotatable bonds is 16. The number of esters is 1. The normalized spacial score (nSPS) is 27.6. The third-order valence-corrected chi connectivity index (χ3v) is 10.4. The molecule has 0 aromatic heterocycles. The van der Waals surface area contributed by atoms with Crippen LogP contribution in [0.15, 0.2) is 55.6 Å². The number of hydrogen-bond acceptors (Lipinski definition) is 7. The summed E-state index contributed by atoms with van der Waals surface area (Å²) in [4.78, 5) is 59.0. The second kappa shape index (κ2) is 15.5. The maximum Gasteiger partial charge on any atom is 0.313 e. The molecule has 2 bridgehead atoms. The maximum absolute atomic E-state index is 14.6. The minimum atomic E-state index is -1.23. The van der Waals surface area contributed by atoms with Crippen molar-refractivity contribution < 1.29 is 33.8 Å². The molecule has 10 nitrogen and oxygen atoms in total. The van der Waals surface area contributed by atoms with Crippen LogP contribution in [-0.4, -0.2) is 92.4 Å². The quantitative estimate of drug-likeness (QED) is 0.112. The van der Waals surface area contributed by atoms with Gasteiger partial charge in [0.1, 0.15) is 17.7 Å². The van der Waals surface area contributed by atoms with Crippen molar-refractivity contribution in [3.8, 4) is 0 Å². The molecule has 3 heterocycles. The molecule has 3 aliphatic heterocycles. The predicted molar refractivity (Wildman–Crippen MR) is 182 cm³/mol. The third-order valence-electron chi connectivity index (χ3n) is 9.53. The average molecular weight is 717 g/mol. The van der Waals surface area contributed by atoms with E-state index in [-0.39, 0.29) is 42.1 Å². The number of ether oxygens (including phenoxy) is 2. The number of aliphatic hydroxyl groups is 1. The lowest BCUT2D eigenvalue weighted by atomic mass is 9.70. The number of fused-ring (bicyclic) bond motifs is 1. The van der Waals surface area contributed by atoms with E-state index >= 15 is 0 Å². The summed E-state index contributed by atoms with van der Waals surface area (Å²) in [5.74, 6) is -3.22. The average Bonchev–Trinajstić information content (AvgIpc) is 3.62. The van der Waals surface area contributed by atoms with Crippen molar-refractivity contribution in [2.24, 2.45) is 11.8 Å². The Balaban J connectivity index is 1.69. The van der Waals surface area contributed by atoms with Crippen LogP contribution in [0, 0.1) is 11.8 Å². The Hall–Kier alpha value is -3.02. The number of carbonyl (C=O) groups is 4. The molecule has 8 atom stereocenters. The van der Waals surface area contributed by atoms with Gasteiger partial charge in [0.15, 0.2) is 0 Å². The van der Waals surface area contributed by atoms with Crippen LogP contribution in [0.25, 0.3) is 0 Å². The van der Waals surface area contributed by atoms with Crippen LogP contribution in [0.2, 0.25) is 0 Å². The van der Waals surface area contributed by atoms with Gasteiger partial charge in [-0.25, -0.2) is 0 Å². The molecule has 3 fully saturated rings. The number of hydrogen-bond donors (Lipinski definition) is 2. The highest BCUT2D eigenvalue weighted by atomic mass is 79.9. The lowest BCUT2D eigenvalue weighted by Gasteiger charge is -2.42. The van der Waals surface area contributed by atoms with E-state index in [1.165, 1.54) is 0 Å². The molecule has 4 rings (SSSR count). The molecule has 258 valence electrons. The highest BCUT2D eigenvalue weighted by Gasteiger charge is 2.77. The number of nitrogens with zero attached hydrogens (tertiary/aromatic N) is 2. The van der Waals surface area contributed by atoms with Gasteiger partial charge in [-0.05, 0) is 65.4 Å². The van der Waals surface area contributed by atoms with Gasteiger partial charge >= 0.3 is 5.97 Å². The van der Waals surface area contributed by atoms with E-state index in [4.69, 9.17) is 9.47 Å². The summed E-state index contributed by atoms with van der Waals surface area (Å²) in [6.07, 6.45) is 4.84. The number of alkyl halides is 1. The molecule has 1 aromatic rings. The molecule has 11 heteroatoms. The molecule has 47 heavy (non-hydrogen) atoms. The minimum Gasteiger partial charge on any atom is -0.455 e. The Labute approximate surface area is 287 Å². The zero-order valence-electron chi connectivity index (χ0n) is 28.0. The molecular formula is C36H50BrN3O7. The lowest BCUT2D eigenvalue weighted by molar-refractivity contribution is -0.162. The second-order valence-electron chi connectivity index (χ2n) is 13.8. The number of carbonyl (C=O) groups excluding carboxylic acids is 4. The van der Waals surface area contributed by atoms with E-state index in [1.54, 1.807) is 28.9 Å². The molecule has 2 N–H and O–H groups in total. The van der Waals surface area contributed by atoms with Gasteiger partial charge in [0.25, 0.3) is 0 Å². The number of amides is 3. The van der Waals surface area contributed by atoms with Crippen LogP contribution < -0.4 is 5.32 Å². The topological polar surface area (TPSA) is 125 Å². The van der Waals surface area contributed by atoms with E-state index in [0.717, 1.165) is 0 Å². The molecule has 1 spiro atoms. The fourth-order valence-electron chi connectivity index (χ4n) is 7.40. The number of benzene rings is 1. The summed E-state index contributed by atoms with van der Waals surface area (Å²) in [6.45, 7) is 15.8. The predicted octanol–water partition coefficient (Wildman–Crippen LogP) is 4.47.